The van der Waals surface area contributed by atoms with Gasteiger partial charge in [-0.15, -0.1) is 18.3 Å². The molecule has 0 aliphatic rings. The highest BCUT2D eigenvalue weighted by Gasteiger charge is 2.31. The van der Waals surface area contributed by atoms with Crippen LogP contribution in [0.25, 0.3) is 0 Å². The maximum absolute atomic E-state index is 12.4. The normalized spacial score (nSPS) is 11.6. The molecule has 0 saturated carbocycles. The van der Waals surface area contributed by atoms with Crippen molar-refractivity contribution in [2.45, 2.75) is 38.7 Å². The number of alkyl halides is 3. The van der Waals surface area contributed by atoms with E-state index < -0.39 is 12.3 Å². The predicted molar refractivity (Wildman–Crippen MR) is 133 cm³/mol. The van der Waals surface area contributed by atoms with Gasteiger partial charge in [0.25, 0.3) is 5.91 Å². The second-order valence-corrected chi connectivity index (χ2v) is 8.36. The van der Waals surface area contributed by atoms with Crippen molar-refractivity contribution in [2.24, 2.45) is 11.6 Å². The van der Waals surface area contributed by atoms with Crippen molar-refractivity contribution < 1.29 is 27.5 Å². The molecule has 1 aromatic carbocycles. The number of hydrogen-bond acceptors (Lipinski definition) is 9. The first kappa shape index (κ1) is 28.9. The Morgan fingerprint density at radius 3 is 2.69 bits per heavy atom. The van der Waals surface area contributed by atoms with E-state index >= 15 is 0 Å². The van der Waals surface area contributed by atoms with E-state index in [-0.39, 0.29) is 36.1 Å². The van der Waals surface area contributed by atoms with Crippen LogP contribution in [0.4, 0.5) is 13.2 Å². The van der Waals surface area contributed by atoms with Gasteiger partial charge in [0.2, 0.25) is 5.91 Å². The first-order chi connectivity index (χ1) is 18.6. The molecular formula is C24H28F3N9O3. The largest absolute Gasteiger partial charge is 0.573 e. The number of nitrogens with two attached hydrogens (primary N) is 2. The van der Waals surface area contributed by atoms with E-state index in [4.69, 9.17) is 11.6 Å². The fourth-order valence-corrected chi connectivity index (χ4v) is 3.37. The van der Waals surface area contributed by atoms with Crippen LogP contribution in [-0.2, 0) is 24.3 Å². The summed E-state index contributed by atoms with van der Waals surface area (Å²) in [7, 11) is 0. The molecule has 208 valence electrons. The number of rotatable bonds is 13. The van der Waals surface area contributed by atoms with Gasteiger partial charge in [0.15, 0.2) is 5.69 Å². The van der Waals surface area contributed by atoms with E-state index in [0.717, 1.165) is 5.56 Å². The predicted octanol–water partition coefficient (Wildman–Crippen LogP) is 1.57. The lowest BCUT2D eigenvalue weighted by molar-refractivity contribution is -0.274. The first-order valence-corrected chi connectivity index (χ1v) is 11.8. The zero-order chi connectivity index (χ0) is 28.3. The second kappa shape index (κ2) is 13.8. The third kappa shape index (κ3) is 10.7. The van der Waals surface area contributed by atoms with Crippen molar-refractivity contribution in [2.75, 3.05) is 6.54 Å². The van der Waals surface area contributed by atoms with Gasteiger partial charge in [0, 0.05) is 32.0 Å². The summed E-state index contributed by atoms with van der Waals surface area (Å²) in [4.78, 5) is 28.3. The quantitative estimate of drug-likeness (QED) is 0.141. The summed E-state index contributed by atoms with van der Waals surface area (Å²) in [5, 5.41) is 14.2. The van der Waals surface area contributed by atoms with E-state index in [2.05, 4.69) is 30.7 Å². The van der Waals surface area contributed by atoms with Gasteiger partial charge in [-0.2, -0.15) is 0 Å². The first-order valence-electron chi connectivity index (χ1n) is 11.8. The van der Waals surface area contributed by atoms with Crippen molar-refractivity contribution >= 4 is 11.8 Å². The number of halogens is 3. The second-order valence-electron chi connectivity index (χ2n) is 8.36. The lowest BCUT2D eigenvalue weighted by Crippen LogP contribution is -2.34. The highest BCUT2D eigenvalue weighted by Crippen LogP contribution is 2.23. The number of aryl methyl sites for hydroxylation is 1. The van der Waals surface area contributed by atoms with Gasteiger partial charge in [0.05, 0.1) is 18.8 Å². The summed E-state index contributed by atoms with van der Waals surface area (Å²) < 4.78 is 42.5. The van der Waals surface area contributed by atoms with Crippen LogP contribution in [0.3, 0.4) is 0 Å². The van der Waals surface area contributed by atoms with Gasteiger partial charge in [-0.1, -0.05) is 23.4 Å². The Morgan fingerprint density at radius 2 is 1.95 bits per heavy atom. The molecule has 0 bridgehead atoms. The van der Waals surface area contributed by atoms with Crippen molar-refractivity contribution in [3.8, 4) is 5.75 Å². The maximum Gasteiger partial charge on any atom is 0.573 e. The van der Waals surface area contributed by atoms with Gasteiger partial charge >= 0.3 is 6.36 Å². The summed E-state index contributed by atoms with van der Waals surface area (Å²) in [5.74, 6) is 4.83. The van der Waals surface area contributed by atoms with Crippen molar-refractivity contribution in [1.29, 1.82) is 0 Å². The Hall–Kier alpha value is -4.66. The average Bonchev–Trinajstić information content (AvgIpc) is 3.34. The van der Waals surface area contributed by atoms with E-state index in [0.29, 0.717) is 31.5 Å². The van der Waals surface area contributed by atoms with Crippen molar-refractivity contribution in [3.63, 3.8) is 0 Å². The average molecular weight is 548 g/mol. The SMILES string of the molecule is N/C(=C\N(N)CCCCn1cc(C(=O)NCc2cccc(OC(F)(F)F)c2)nn1)NC(=O)Cc1cccnc1. The summed E-state index contributed by atoms with van der Waals surface area (Å²) >= 11 is 0. The van der Waals surface area contributed by atoms with Crippen LogP contribution < -0.4 is 26.9 Å². The van der Waals surface area contributed by atoms with Crippen LogP contribution in [0.15, 0.2) is 67.0 Å². The number of aromatic nitrogens is 4. The monoisotopic (exact) mass is 547 g/mol. The lowest BCUT2D eigenvalue weighted by atomic mass is 10.2. The molecule has 2 heterocycles. The maximum atomic E-state index is 12.4. The molecule has 3 aromatic rings. The number of nitrogens with zero attached hydrogens (tertiary/aromatic N) is 5. The van der Waals surface area contributed by atoms with Gasteiger partial charge in [0.1, 0.15) is 11.6 Å². The lowest BCUT2D eigenvalue weighted by Gasteiger charge is -2.15. The number of nitrogens with one attached hydrogen (secondary N) is 2. The van der Waals surface area contributed by atoms with E-state index in [1.807, 2.05) is 0 Å². The summed E-state index contributed by atoms with van der Waals surface area (Å²) in [6, 6.07) is 8.83. The molecule has 0 radical (unpaired) electrons. The number of carbonyl (C=O) groups is 2. The highest BCUT2D eigenvalue weighted by molar-refractivity contribution is 5.91. The Balaban J connectivity index is 1.36. The number of ether oxygens (including phenoxy) is 1. The fourth-order valence-electron chi connectivity index (χ4n) is 3.37. The van der Waals surface area contributed by atoms with E-state index in [9.17, 15) is 22.8 Å². The minimum atomic E-state index is -4.80. The molecule has 0 aliphatic heterocycles. The molecule has 3 rings (SSSR count). The highest BCUT2D eigenvalue weighted by atomic mass is 19.4. The van der Waals surface area contributed by atoms with Crippen molar-refractivity contribution in [3.05, 3.63) is 83.8 Å². The number of unbranched alkanes of at least 4 members (excludes halogenated alkanes) is 1. The smallest absolute Gasteiger partial charge is 0.406 e. The summed E-state index contributed by atoms with van der Waals surface area (Å²) in [6.45, 7) is 0.887. The minimum Gasteiger partial charge on any atom is -0.406 e. The summed E-state index contributed by atoms with van der Waals surface area (Å²) in [6.07, 6.45) is 2.75. The summed E-state index contributed by atoms with van der Waals surface area (Å²) in [5.41, 5.74) is 7.07. The van der Waals surface area contributed by atoms with Gasteiger partial charge in [-0.3, -0.25) is 19.3 Å². The van der Waals surface area contributed by atoms with Gasteiger partial charge in [-0.25, -0.2) is 5.84 Å². The third-order valence-corrected chi connectivity index (χ3v) is 5.09. The Morgan fingerprint density at radius 1 is 1.15 bits per heavy atom. The standard InChI is InChI=1S/C24H28F3N9O3/c25-24(26,27)39-19-7-3-5-17(11-19)14-31-23(38)20-15-36(34-33-20)10-2-1-9-35(29)16-21(28)32-22(37)12-18-6-4-8-30-13-18/h3-8,11,13,15-16H,1-2,9-10,12,14,28-29H2,(H,31,38)(H,32,37)/b21-16+. The molecule has 0 saturated heterocycles. The third-order valence-electron chi connectivity index (χ3n) is 5.09. The molecule has 0 spiro atoms. The molecule has 2 aromatic heterocycles. The van der Waals surface area contributed by atoms with Crippen LogP contribution in [0.2, 0.25) is 0 Å². The molecule has 15 heteroatoms. The molecule has 2 amide bonds. The number of pyridine rings is 1. The Kier molecular flexibility index (Phi) is 10.2. The van der Waals surface area contributed by atoms with Crippen molar-refractivity contribution in [1.82, 2.24) is 35.6 Å². The van der Waals surface area contributed by atoms with E-state index in [1.54, 1.807) is 30.6 Å². The molecule has 39 heavy (non-hydrogen) atoms. The molecule has 12 nitrogen and oxygen atoms in total. The number of amides is 2. The molecule has 0 aliphatic carbocycles. The van der Waals surface area contributed by atoms with Crippen LogP contribution in [-0.4, -0.2) is 49.7 Å². The van der Waals surface area contributed by atoms with Crippen LogP contribution >= 0.6 is 0 Å². The number of hydrazine groups is 1. The zero-order valence-electron chi connectivity index (χ0n) is 20.8. The van der Waals surface area contributed by atoms with Gasteiger partial charge in [-0.05, 0) is 42.2 Å². The zero-order valence-corrected chi connectivity index (χ0v) is 20.8. The number of carbonyl (C=O) groups excluding carboxylic acids is 2. The molecular weight excluding hydrogens is 519 g/mol. The topological polar surface area (TPSA) is 166 Å². The van der Waals surface area contributed by atoms with E-state index in [1.165, 1.54) is 40.3 Å². The molecule has 6 N–H and O–H groups in total. The Bertz CT molecular complexity index is 1270. The Labute approximate surface area is 221 Å². The minimum absolute atomic E-state index is 0.0202. The fraction of sp³-hybridized carbons (Fsp3) is 0.292. The van der Waals surface area contributed by atoms with Crippen LogP contribution in [0.5, 0.6) is 5.75 Å². The number of hydrogen-bond donors (Lipinski definition) is 4. The molecule has 0 fully saturated rings. The number of benzene rings is 1. The molecule has 0 unspecified atom stereocenters. The van der Waals surface area contributed by atoms with Crippen LogP contribution in [0.1, 0.15) is 34.5 Å². The molecule has 0 atom stereocenters. The van der Waals surface area contributed by atoms with Crippen LogP contribution in [0, 0.1) is 0 Å². The van der Waals surface area contributed by atoms with Gasteiger partial charge < -0.3 is 26.1 Å².